The van der Waals surface area contributed by atoms with Crippen molar-refractivity contribution in [1.29, 1.82) is 0 Å². The Kier molecular flexibility index (Phi) is 4.10. The molecule has 4 rings (SSSR count). The molecule has 1 aromatic carbocycles. The van der Waals surface area contributed by atoms with E-state index in [0.29, 0.717) is 12.1 Å². The first-order valence-electron chi connectivity index (χ1n) is 9.10. The first-order valence-corrected chi connectivity index (χ1v) is 9.10. The maximum atomic E-state index is 14.0. The highest BCUT2D eigenvalue weighted by Crippen LogP contribution is 2.49. The number of hydrogen-bond acceptors (Lipinski definition) is 2. The summed E-state index contributed by atoms with van der Waals surface area (Å²) in [5, 5.41) is 4.59. The molecular formula is C20H24FN3O. The molecule has 2 aliphatic rings. The smallest absolute Gasteiger partial charge is 0.226 e. The summed E-state index contributed by atoms with van der Waals surface area (Å²) in [6, 6.07) is 9.16. The third kappa shape index (κ3) is 3.08. The number of piperidine rings is 1. The molecule has 1 aliphatic carbocycles. The molecular weight excluding hydrogens is 317 g/mol. The van der Waals surface area contributed by atoms with Crippen LogP contribution in [-0.4, -0.2) is 33.7 Å². The SMILES string of the molecule is Cc1cc(C)n([C@@H]2CCCN(C(=O)[C@H]3C[C@@H]3c3ccccc3F)C2)n1. The second-order valence-corrected chi connectivity index (χ2v) is 7.42. The lowest BCUT2D eigenvalue weighted by Crippen LogP contribution is -2.42. The van der Waals surface area contributed by atoms with Crippen molar-refractivity contribution in [3.8, 4) is 0 Å². The molecule has 25 heavy (non-hydrogen) atoms. The van der Waals surface area contributed by atoms with Crippen LogP contribution in [-0.2, 0) is 4.79 Å². The van der Waals surface area contributed by atoms with Crippen LogP contribution in [0.2, 0.25) is 0 Å². The van der Waals surface area contributed by atoms with Crippen LogP contribution >= 0.6 is 0 Å². The van der Waals surface area contributed by atoms with E-state index in [1.54, 1.807) is 6.07 Å². The quantitative estimate of drug-likeness (QED) is 0.855. The van der Waals surface area contributed by atoms with E-state index >= 15 is 0 Å². The molecule has 1 saturated carbocycles. The normalized spacial score (nSPS) is 25.9. The van der Waals surface area contributed by atoms with Crippen molar-refractivity contribution in [3.05, 3.63) is 53.1 Å². The van der Waals surface area contributed by atoms with Gasteiger partial charge in [-0.25, -0.2) is 4.39 Å². The Balaban J connectivity index is 1.45. The average Bonchev–Trinajstić information content (AvgIpc) is 3.32. The third-order valence-corrected chi connectivity index (χ3v) is 5.51. The zero-order chi connectivity index (χ0) is 17.6. The summed E-state index contributed by atoms with van der Waals surface area (Å²) in [6.45, 7) is 5.57. The van der Waals surface area contributed by atoms with Gasteiger partial charge in [0, 0.05) is 24.7 Å². The van der Waals surface area contributed by atoms with Crippen LogP contribution in [0.15, 0.2) is 30.3 Å². The van der Waals surface area contributed by atoms with E-state index in [2.05, 4.69) is 22.8 Å². The Morgan fingerprint density at radius 1 is 1.28 bits per heavy atom. The van der Waals surface area contributed by atoms with Crippen LogP contribution < -0.4 is 0 Å². The van der Waals surface area contributed by atoms with Gasteiger partial charge < -0.3 is 4.90 Å². The van der Waals surface area contributed by atoms with Gasteiger partial charge in [0.25, 0.3) is 0 Å². The molecule has 1 aromatic heterocycles. The molecule has 5 heteroatoms. The molecule has 2 fully saturated rings. The largest absolute Gasteiger partial charge is 0.340 e. The van der Waals surface area contributed by atoms with Gasteiger partial charge in [-0.15, -0.1) is 0 Å². The van der Waals surface area contributed by atoms with Gasteiger partial charge in [0.1, 0.15) is 5.82 Å². The van der Waals surface area contributed by atoms with Gasteiger partial charge >= 0.3 is 0 Å². The van der Waals surface area contributed by atoms with Crippen molar-refractivity contribution in [2.45, 2.75) is 45.1 Å². The number of halogens is 1. The Labute approximate surface area is 147 Å². The van der Waals surface area contributed by atoms with E-state index in [9.17, 15) is 9.18 Å². The van der Waals surface area contributed by atoms with Crippen LogP contribution in [0.25, 0.3) is 0 Å². The molecule has 132 valence electrons. The van der Waals surface area contributed by atoms with Crippen molar-refractivity contribution < 1.29 is 9.18 Å². The molecule has 1 amide bonds. The van der Waals surface area contributed by atoms with Gasteiger partial charge in [0.05, 0.1) is 11.7 Å². The lowest BCUT2D eigenvalue weighted by atomic mass is 10.0. The summed E-state index contributed by atoms with van der Waals surface area (Å²) >= 11 is 0. The topological polar surface area (TPSA) is 38.1 Å². The molecule has 4 nitrogen and oxygen atoms in total. The summed E-state index contributed by atoms with van der Waals surface area (Å²) in [7, 11) is 0. The highest BCUT2D eigenvalue weighted by Gasteiger charge is 2.47. The minimum absolute atomic E-state index is 0.0442. The van der Waals surface area contributed by atoms with Crippen molar-refractivity contribution in [1.82, 2.24) is 14.7 Å². The number of rotatable bonds is 3. The van der Waals surface area contributed by atoms with E-state index in [-0.39, 0.29) is 29.6 Å². The maximum Gasteiger partial charge on any atom is 0.226 e. The molecule has 0 N–H and O–H groups in total. The number of aromatic nitrogens is 2. The second-order valence-electron chi connectivity index (χ2n) is 7.42. The molecule has 2 heterocycles. The number of carbonyl (C=O) groups excluding carboxylic acids is 1. The summed E-state index contributed by atoms with van der Waals surface area (Å²) < 4.78 is 16.0. The average molecular weight is 341 g/mol. The summed E-state index contributed by atoms with van der Waals surface area (Å²) in [6.07, 6.45) is 2.81. The second kappa shape index (κ2) is 6.28. The van der Waals surface area contributed by atoms with E-state index in [1.807, 2.05) is 24.0 Å². The standard InChI is InChI=1S/C20H24FN3O/c1-13-10-14(2)24(22-13)15-6-5-9-23(12-15)20(25)18-11-17(18)16-7-3-4-8-19(16)21/h3-4,7-8,10,15,17-18H,5-6,9,11-12H2,1-2H3/t15-,17-,18+/m1/s1. The monoisotopic (exact) mass is 341 g/mol. The van der Waals surface area contributed by atoms with Gasteiger partial charge in [0.2, 0.25) is 5.91 Å². The van der Waals surface area contributed by atoms with Gasteiger partial charge in [0.15, 0.2) is 0 Å². The predicted octanol–water partition coefficient (Wildman–Crippen LogP) is 3.61. The van der Waals surface area contributed by atoms with Crippen LogP contribution in [0.1, 0.15) is 48.2 Å². The number of benzene rings is 1. The Morgan fingerprint density at radius 2 is 2.08 bits per heavy atom. The van der Waals surface area contributed by atoms with Crippen LogP contribution in [0.5, 0.6) is 0 Å². The number of aryl methyl sites for hydroxylation is 2. The molecule has 0 unspecified atom stereocenters. The molecule has 1 aliphatic heterocycles. The van der Waals surface area contributed by atoms with E-state index in [1.165, 1.54) is 6.07 Å². The third-order valence-electron chi connectivity index (χ3n) is 5.51. The van der Waals surface area contributed by atoms with Crippen molar-refractivity contribution >= 4 is 5.91 Å². The summed E-state index contributed by atoms with van der Waals surface area (Å²) in [5.74, 6) is -0.0275. The van der Waals surface area contributed by atoms with Crippen molar-refractivity contribution in [2.75, 3.05) is 13.1 Å². The van der Waals surface area contributed by atoms with Crippen LogP contribution in [0, 0.1) is 25.6 Å². The Hall–Kier alpha value is -2.17. The number of hydrogen-bond donors (Lipinski definition) is 0. The summed E-state index contributed by atoms with van der Waals surface area (Å²) in [5.41, 5.74) is 2.85. The fourth-order valence-corrected chi connectivity index (χ4v) is 4.19. The van der Waals surface area contributed by atoms with Gasteiger partial charge in [-0.3, -0.25) is 9.48 Å². The maximum absolute atomic E-state index is 14.0. The minimum Gasteiger partial charge on any atom is -0.340 e. The fourth-order valence-electron chi connectivity index (χ4n) is 4.19. The molecule has 0 radical (unpaired) electrons. The zero-order valence-corrected chi connectivity index (χ0v) is 14.8. The summed E-state index contributed by atoms with van der Waals surface area (Å²) in [4.78, 5) is 14.9. The van der Waals surface area contributed by atoms with Gasteiger partial charge in [-0.2, -0.15) is 5.10 Å². The fraction of sp³-hybridized carbons (Fsp3) is 0.500. The molecule has 1 saturated heterocycles. The van der Waals surface area contributed by atoms with E-state index < -0.39 is 0 Å². The zero-order valence-electron chi connectivity index (χ0n) is 14.8. The van der Waals surface area contributed by atoms with Crippen molar-refractivity contribution in [2.24, 2.45) is 5.92 Å². The Morgan fingerprint density at radius 3 is 2.80 bits per heavy atom. The minimum atomic E-state index is -0.193. The highest BCUT2D eigenvalue weighted by atomic mass is 19.1. The number of nitrogens with zero attached hydrogens (tertiary/aromatic N) is 3. The van der Waals surface area contributed by atoms with E-state index in [0.717, 1.165) is 37.2 Å². The first kappa shape index (κ1) is 16.3. The number of carbonyl (C=O) groups is 1. The highest BCUT2D eigenvalue weighted by molar-refractivity contribution is 5.83. The first-order chi connectivity index (χ1) is 12.0. The van der Waals surface area contributed by atoms with E-state index in [4.69, 9.17) is 0 Å². The molecule has 0 spiro atoms. The molecule has 2 aromatic rings. The van der Waals surface area contributed by atoms with Crippen LogP contribution in [0.3, 0.4) is 0 Å². The van der Waals surface area contributed by atoms with Gasteiger partial charge in [-0.1, -0.05) is 18.2 Å². The Bertz CT molecular complexity index is 800. The predicted molar refractivity (Wildman–Crippen MR) is 93.8 cm³/mol. The molecule has 3 atom stereocenters. The molecule has 0 bridgehead atoms. The van der Waals surface area contributed by atoms with Crippen LogP contribution in [0.4, 0.5) is 4.39 Å². The lowest BCUT2D eigenvalue weighted by Gasteiger charge is -2.33. The van der Waals surface area contributed by atoms with Gasteiger partial charge in [-0.05, 0) is 56.7 Å². The lowest BCUT2D eigenvalue weighted by molar-refractivity contribution is -0.134. The van der Waals surface area contributed by atoms with Crippen molar-refractivity contribution in [3.63, 3.8) is 0 Å². The number of likely N-dealkylation sites (tertiary alicyclic amines) is 1. The number of amides is 1.